The summed E-state index contributed by atoms with van der Waals surface area (Å²) in [6.07, 6.45) is -0.540. The number of para-hydroxylation sites is 2. The van der Waals surface area contributed by atoms with Gasteiger partial charge in [0.25, 0.3) is 0 Å². The number of thioether (sulfide) groups is 1. The van der Waals surface area contributed by atoms with Crippen LogP contribution in [-0.4, -0.2) is 57.8 Å². The van der Waals surface area contributed by atoms with Crippen LogP contribution >= 0.6 is 23.4 Å². The van der Waals surface area contributed by atoms with Crippen LogP contribution in [0.5, 0.6) is 0 Å². The summed E-state index contributed by atoms with van der Waals surface area (Å²) in [5, 5.41) is 0.441. The normalized spacial score (nSPS) is 10.8. The number of hydrogen-bond acceptors (Lipinski definition) is 5. The molecule has 1 aromatic carbocycles. The van der Waals surface area contributed by atoms with Gasteiger partial charge in [0.2, 0.25) is 5.91 Å². The smallest absolute Gasteiger partial charge is 0.420 e. The Labute approximate surface area is 150 Å². The Kier molecular flexibility index (Phi) is 6.93. The molecule has 0 bridgehead atoms. The van der Waals surface area contributed by atoms with Crippen LogP contribution in [0, 0.1) is 0 Å². The molecule has 0 aliphatic carbocycles. The van der Waals surface area contributed by atoms with Crippen molar-refractivity contribution in [3.63, 3.8) is 0 Å². The third-order valence-corrected chi connectivity index (χ3v) is 4.53. The van der Waals surface area contributed by atoms with Crippen LogP contribution in [0.1, 0.15) is 13.8 Å². The van der Waals surface area contributed by atoms with Crippen LogP contribution in [0.4, 0.5) is 4.79 Å². The number of amides is 1. The maximum Gasteiger partial charge on any atom is 0.420 e. The van der Waals surface area contributed by atoms with Crippen molar-refractivity contribution >= 4 is 46.4 Å². The molecule has 2 aromatic rings. The fourth-order valence-electron chi connectivity index (χ4n) is 2.26. The predicted molar refractivity (Wildman–Crippen MR) is 95.9 cm³/mol. The standard InChI is InChI=1S/C16H20ClN3O3S/c1-3-19(4-2)14(21)11-24-15-18-12-7-5-6-8-13(12)20(15)16(22)23-10-9-17/h5-8H,3-4,9-11H2,1-2H3. The molecule has 0 saturated heterocycles. The highest BCUT2D eigenvalue weighted by Crippen LogP contribution is 2.24. The molecule has 1 amide bonds. The summed E-state index contributed by atoms with van der Waals surface area (Å²) in [5.41, 5.74) is 1.33. The van der Waals surface area contributed by atoms with Crippen LogP contribution < -0.4 is 0 Å². The molecule has 0 saturated carbocycles. The molecule has 1 aromatic heterocycles. The fourth-order valence-corrected chi connectivity index (χ4v) is 3.24. The van der Waals surface area contributed by atoms with Crippen LogP contribution in [0.3, 0.4) is 0 Å². The van der Waals surface area contributed by atoms with Gasteiger partial charge in [-0.1, -0.05) is 23.9 Å². The van der Waals surface area contributed by atoms with E-state index in [0.717, 1.165) is 0 Å². The third-order valence-electron chi connectivity index (χ3n) is 3.46. The van der Waals surface area contributed by atoms with Gasteiger partial charge in [0, 0.05) is 13.1 Å². The van der Waals surface area contributed by atoms with Gasteiger partial charge in [0.1, 0.15) is 6.61 Å². The van der Waals surface area contributed by atoms with Gasteiger partial charge in [-0.05, 0) is 26.0 Å². The summed E-state index contributed by atoms with van der Waals surface area (Å²) < 4.78 is 6.52. The van der Waals surface area contributed by atoms with Gasteiger partial charge >= 0.3 is 6.09 Å². The molecule has 6 nitrogen and oxygen atoms in total. The first-order chi connectivity index (χ1) is 11.6. The Bertz CT molecular complexity index is 716. The highest BCUT2D eigenvalue weighted by molar-refractivity contribution is 7.99. The number of imidazole rings is 1. The van der Waals surface area contributed by atoms with E-state index in [-0.39, 0.29) is 24.1 Å². The number of aromatic nitrogens is 2. The van der Waals surface area contributed by atoms with E-state index >= 15 is 0 Å². The summed E-state index contributed by atoms with van der Waals surface area (Å²) in [7, 11) is 0. The second-order valence-corrected chi connectivity index (χ2v) is 6.20. The number of halogens is 1. The molecule has 1 heterocycles. The van der Waals surface area contributed by atoms with E-state index in [9.17, 15) is 9.59 Å². The Balaban J connectivity index is 2.25. The van der Waals surface area contributed by atoms with E-state index < -0.39 is 6.09 Å². The zero-order chi connectivity index (χ0) is 17.5. The fraction of sp³-hybridized carbons (Fsp3) is 0.438. The lowest BCUT2D eigenvalue weighted by atomic mass is 10.3. The molecule has 2 rings (SSSR count). The highest BCUT2D eigenvalue weighted by Gasteiger charge is 2.20. The lowest BCUT2D eigenvalue weighted by Gasteiger charge is -2.18. The number of rotatable bonds is 7. The molecule has 0 fully saturated rings. The number of hydrogen-bond donors (Lipinski definition) is 0. The van der Waals surface area contributed by atoms with Crippen molar-refractivity contribution in [2.45, 2.75) is 19.0 Å². The first-order valence-electron chi connectivity index (χ1n) is 7.73. The summed E-state index contributed by atoms with van der Waals surface area (Å²) in [6, 6.07) is 7.28. The van der Waals surface area contributed by atoms with E-state index in [0.29, 0.717) is 29.3 Å². The Morgan fingerprint density at radius 3 is 2.67 bits per heavy atom. The second kappa shape index (κ2) is 8.94. The number of carbonyl (C=O) groups excluding carboxylic acids is 2. The lowest BCUT2D eigenvalue weighted by Crippen LogP contribution is -2.32. The minimum Gasteiger partial charge on any atom is -0.448 e. The molecule has 8 heteroatoms. The molecule has 0 aliphatic rings. The molecular formula is C16H20ClN3O3S. The maximum atomic E-state index is 12.3. The SMILES string of the molecule is CCN(CC)C(=O)CSc1nc2ccccc2n1C(=O)OCCCl. The molecule has 0 radical (unpaired) electrons. The number of ether oxygens (including phenoxy) is 1. The van der Waals surface area contributed by atoms with Gasteiger partial charge in [-0.3, -0.25) is 4.79 Å². The first-order valence-corrected chi connectivity index (χ1v) is 9.25. The number of fused-ring (bicyclic) bond motifs is 1. The zero-order valence-electron chi connectivity index (χ0n) is 13.7. The predicted octanol–water partition coefficient (Wildman–Crippen LogP) is 3.22. The molecule has 0 N–H and O–H groups in total. The molecular weight excluding hydrogens is 350 g/mol. The van der Waals surface area contributed by atoms with Crippen molar-refractivity contribution in [3.05, 3.63) is 24.3 Å². The van der Waals surface area contributed by atoms with Crippen molar-refractivity contribution in [1.29, 1.82) is 0 Å². The first kappa shape index (κ1) is 18.6. The van der Waals surface area contributed by atoms with E-state index in [1.54, 1.807) is 11.0 Å². The Hall–Kier alpha value is -1.73. The summed E-state index contributed by atoms with van der Waals surface area (Å²) in [6.45, 7) is 5.30. The van der Waals surface area contributed by atoms with Gasteiger partial charge < -0.3 is 9.64 Å². The van der Waals surface area contributed by atoms with E-state index in [2.05, 4.69) is 4.98 Å². The summed E-state index contributed by atoms with van der Waals surface area (Å²) >= 11 is 6.81. The van der Waals surface area contributed by atoms with Crippen molar-refractivity contribution < 1.29 is 14.3 Å². The number of nitrogens with zero attached hydrogens (tertiary/aromatic N) is 3. The Morgan fingerprint density at radius 2 is 2.00 bits per heavy atom. The van der Waals surface area contributed by atoms with Gasteiger partial charge in [0.05, 0.1) is 22.7 Å². The minimum absolute atomic E-state index is 0.0118. The minimum atomic E-state index is -0.540. The van der Waals surface area contributed by atoms with Gasteiger partial charge in [-0.15, -0.1) is 11.6 Å². The molecule has 130 valence electrons. The number of carbonyl (C=O) groups is 2. The lowest BCUT2D eigenvalue weighted by molar-refractivity contribution is -0.127. The summed E-state index contributed by atoms with van der Waals surface area (Å²) in [5.74, 6) is 0.451. The largest absolute Gasteiger partial charge is 0.448 e. The molecule has 0 aliphatic heterocycles. The van der Waals surface area contributed by atoms with Gasteiger partial charge in [-0.25, -0.2) is 14.3 Å². The molecule has 24 heavy (non-hydrogen) atoms. The monoisotopic (exact) mass is 369 g/mol. The molecule has 0 unspecified atom stereocenters. The quantitative estimate of drug-likeness (QED) is 0.553. The summed E-state index contributed by atoms with van der Waals surface area (Å²) in [4.78, 5) is 30.7. The average Bonchev–Trinajstić information content (AvgIpc) is 2.97. The van der Waals surface area contributed by atoms with Gasteiger partial charge in [0.15, 0.2) is 5.16 Å². The molecule has 0 spiro atoms. The van der Waals surface area contributed by atoms with Crippen molar-refractivity contribution in [3.8, 4) is 0 Å². The van der Waals surface area contributed by atoms with Crippen molar-refractivity contribution in [2.75, 3.05) is 31.3 Å². The van der Waals surface area contributed by atoms with Crippen LogP contribution in [0.15, 0.2) is 29.4 Å². The zero-order valence-corrected chi connectivity index (χ0v) is 15.3. The van der Waals surface area contributed by atoms with Crippen molar-refractivity contribution in [1.82, 2.24) is 14.5 Å². The van der Waals surface area contributed by atoms with E-state index in [4.69, 9.17) is 16.3 Å². The number of benzene rings is 1. The van der Waals surface area contributed by atoms with Crippen LogP contribution in [0.2, 0.25) is 0 Å². The van der Waals surface area contributed by atoms with E-state index in [1.165, 1.54) is 16.3 Å². The van der Waals surface area contributed by atoms with Crippen LogP contribution in [0.25, 0.3) is 11.0 Å². The maximum absolute atomic E-state index is 12.3. The Morgan fingerprint density at radius 1 is 1.29 bits per heavy atom. The second-order valence-electron chi connectivity index (χ2n) is 4.88. The van der Waals surface area contributed by atoms with Crippen LogP contribution in [-0.2, 0) is 9.53 Å². The highest BCUT2D eigenvalue weighted by atomic mass is 35.5. The average molecular weight is 370 g/mol. The van der Waals surface area contributed by atoms with E-state index in [1.807, 2.05) is 32.0 Å². The molecule has 0 atom stereocenters. The van der Waals surface area contributed by atoms with Crippen molar-refractivity contribution in [2.24, 2.45) is 0 Å². The van der Waals surface area contributed by atoms with Gasteiger partial charge in [-0.2, -0.15) is 0 Å². The number of alkyl halides is 1. The third kappa shape index (κ3) is 4.21. The topological polar surface area (TPSA) is 64.4 Å².